The maximum Gasteiger partial charge on any atom is 0.264 e. The van der Waals surface area contributed by atoms with E-state index in [4.69, 9.17) is 4.18 Å². The lowest BCUT2D eigenvalue weighted by atomic mass is 9.79. The highest BCUT2D eigenvalue weighted by Crippen LogP contribution is 2.32. The highest BCUT2D eigenvalue weighted by atomic mass is 32.2. The molecule has 4 nitrogen and oxygen atoms in total. The van der Waals surface area contributed by atoms with Crippen LogP contribution < -0.4 is 5.32 Å². The molecule has 0 bridgehead atoms. The highest BCUT2D eigenvalue weighted by Gasteiger charge is 2.20. The fourth-order valence-corrected chi connectivity index (χ4v) is 2.92. The number of rotatable bonds is 7. The summed E-state index contributed by atoms with van der Waals surface area (Å²) in [7, 11) is -1.26. The average molecular weight is 263 g/mol. The SMILES string of the molecule is CNCCC1CCC(CCOS(C)(=O)=O)CC1. The molecule has 1 aliphatic rings. The Kier molecular flexibility index (Phi) is 6.44. The zero-order chi connectivity index (χ0) is 12.7. The molecule has 0 spiro atoms. The molecule has 0 saturated heterocycles. The Balaban J connectivity index is 2.11. The Morgan fingerprint density at radius 1 is 1.12 bits per heavy atom. The van der Waals surface area contributed by atoms with Crippen molar-refractivity contribution in [3.8, 4) is 0 Å². The second-order valence-electron chi connectivity index (χ2n) is 5.09. The molecule has 1 aliphatic carbocycles. The van der Waals surface area contributed by atoms with Crippen LogP contribution in [0.4, 0.5) is 0 Å². The summed E-state index contributed by atoms with van der Waals surface area (Å²) in [5, 5.41) is 3.19. The molecule has 1 N–H and O–H groups in total. The van der Waals surface area contributed by atoms with E-state index >= 15 is 0 Å². The monoisotopic (exact) mass is 263 g/mol. The minimum atomic E-state index is -3.26. The summed E-state index contributed by atoms with van der Waals surface area (Å²) < 4.78 is 26.4. The highest BCUT2D eigenvalue weighted by molar-refractivity contribution is 7.85. The van der Waals surface area contributed by atoms with Gasteiger partial charge in [-0.05, 0) is 38.3 Å². The molecule has 0 radical (unpaired) electrons. The van der Waals surface area contributed by atoms with E-state index in [1.165, 1.54) is 32.1 Å². The lowest BCUT2D eigenvalue weighted by Crippen LogP contribution is -2.20. The Bertz CT molecular complexity index is 295. The topological polar surface area (TPSA) is 55.4 Å². The van der Waals surface area contributed by atoms with E-state index in [-0.39, 0.29) is 0 Å². The number of hydrogen-bond donors (Lipinski definition) is 1. The quantitative estimate of drug-likeness (QED) is 0.711. The van der Waals surface area contributed by atoms with Gasteiger partial charge < -0.3 is 5.32 Å². The summed E-state index contributed by atoms with van der Waals surface area (Å²) in [6, 6.07) is 0. The molecule has 1 fully saturated rings. The van der Waals surface area contributed by atoms with Gasteiger partial charge in [0.2, 0.25) is 0 Å². The van der Waals surface area contributed by atoms with Gasteiger partial charge in [0.15, 0.2) is 0 Å². The van der Waals surface area contributed by atoms with Crippen molar-refractivity contribution in [1.29, 1.82) is 0 Å². The van der Waals surface area contributed by atoms with Crippen LogP contribution >= 0.6 is 0 Å². The molecule has 5 heteroatoms. The van der Waals surface area contributed by atoms with Gasteiger partial charge in [0, 0.05) is 0 Å². The molecule has 0 heterocycles. The minimum absolute atomic E-state index is 0.352. The third-order valence-electron chi connectivity index (χ3n) is 3.59. The molecular weight excluding hydrogens is 238 g/mol. The van der Waals surface area contributed by atoms with Gasteiger partial charge in [0.05, 0.1) is 12.9 Å². The Morgan fingerprint density at radius 2 is 1.65 bits per heavy atom. The summed E-state index contributed by atoms with van der Waals surface area (Å²) in [5.41, 5.74) is 0. The van der Waals surface area contributed by atoms with Crippen molar-refractivity contribution in [2.24, 2.45) is 11.8 Å². The van der Waals surface area contributed by atoms with Crippen LogP contribution in [0.15, 0.2) is 0 Å². The van der Waals surface area contributed by atoms with Crippen LogP contribution in [0.5, 0.6) is 0 Å². The third-order valence-corrected chi connectivity index (χ3v) is 4.19. The molecule has 0 atom stereocenters. The van der Waals surface area contributed by atoms with E-state index < -0.39 is 10.1 Å². The minimum Gasteiger partial charge on any atom is -0.320 e. The normalized spacial score (nSPS) is 26.0. The van der Waals surface area contributed by atoms with Gasteiger partial charge in [-0.3, -0.25) is 4.18 Å². The van der Waals surface area contributed by atoms with Crippen LogP contribution in [0.3, 0.4) is 0 Å². The summed E-state index contributed by atoms with van der Waals surface area (Å²) >= 11 is 0. The fraction of sp³-hybridized carbons (Fsp3) is 1.00. The molecule has 0 aromatic heterocycles. The summed E-state index contributed by atoms with van der Waals surface area (Å²) in [5.74, 6) is 1.51. The van der Waals surface area contributed by atoms with Gasteiger partial charge in [-0.15, -0.1) is 0 Å². The Morgan fingerprint density at radius 3 is 2.12 bits per heavy atom. The van der Waals surface area contributed by atoms with Gasteiger partial charge in [-0.2, -0.15) is 8.42 Å². The lowest BCUT2D eigenvalue weighted by Gasteiger charge is -2.28. The van der Waals surface area contributed by atoms with Crippen LogP contribution in [0, 0.1) is 11.8 Å². The first-order valence-electron chi connectivity index (χ1n) is 6.50. The van der Waals surface area contributed by atoms with Crippen molar-refractivity contribution in [2.75, 3.05) is 26.5 Å². The maximum absolute atomic E-state index is 10.8. The second-order valence-corrected chi connectivity index (χ2v) is 6.74. The molecule has 0 aromatic rings. The maximum atomic E-state index is 10.8. The average Bonchev–Trinajstić information content (AvgIpc) is 2.26. The van der Waals surface area contributed by atoms with Gasteiger partial charge in [-0.25, -0.2) is 0 Å². The molecule has 0 amide bonds. The van der Waals surface area contributed by atoms with Crippen molar-refractivity contribution in [2.45, 2.75) is 38.5 Å². The fourth-order valence-electron chi connectivity index (χ4n) is 2.52. The van der Waals surface area contributed by atoms with Crippen LogP contribution in [0.1, 0.15) is 38.5 Å². The first kappa shape index (κ1) is 14.9. The van der Waals surface area contributed by atoms with E-state index in [0.29, 0.717) is 12.5 Å². The largest absolute Gasteiger partial charge is 0.320 e. The van der Waals surface area contributed by atoms with Crippen LogP contribution in [0.25, 0.3) is 0 Å². The molecular formula is C12H25NO3S. The predicted molar refractivity (Wildman–Crippen MR) is 69.4 cm³/mol. The van der Waals surface area contributed by atoms with E-state index in [1.54, 1.807) is 0 Å². The molecule has 17 heavy (non-hydrogen) atoms. The Hall–Kier alpha value is -0.130. The van der Waals surface area contributed by atoms with Gasteiger partial charge >= 0.3 is 0 Å². The first-order chi connectivity index (χ1) is 8.01. The first-order valence-corrected chi connectivity index (χ1v) is 8.32. The number of nitrogens with one attached hydrogen (secondary N) is 1. The van der Waals surface area contributed by atoms with E-state index in [9.17, 15) is 8.42 Å². The van der Waals surface area contributed by atoms with Crippen LogP contribution in [0.2, 0.25) is 0 Å². The standard InChI is InChI=1S/C12H25NO3S/c1-13-9-7-11-3-5-12(6-4-11)8-10-16-17(2,14)15/h11-13H,3-10H2,1-2H3. The predicted octanol–water partition coefficient (Wildman–Crippen LogP) is 1.77. The van der Waals surface area contributed by atoms with E-state index in [1.807, 2.05) is 7.05 Å². The van der Waals surface area contributed by atoms with Gasteiger partial charge in [-0.1, -0.05) is 25.7 Å². The number of hydrogen-bond acceptors (Lipinski definition) is 4. The molecule has 1 rings (SSSR count). The molecule has 102 valence electrons. The van der Waals surface area contributed by atoms with Crippen molar-refractivity contribution < 1.29 is 12.6 Å². The van der Waals surface area contributed by atoms with Crippen molar-refractivity contribution in [3.05, 3.63) is 0 Å². The smallest absolute Gasteiger partial charge is 0.264 e. The van der Waals surface area contributed by atoms with Crippen LogP contribution in [-0.2, 0) is 14.3 Å². The summed E-state index contributed by atoms with van der Waals surface area (Å²) in [6.07, 6.45) is 8.27. The molecule has 0 aliphatic heterocycles. The van der Waals surface area contributed by atoms with Gasteiger partial charge in [0.1, 0.15) is 0 Å². The molecule has 1 saturated carbocycles. The Labute approximate surface area is 105 Å². The van der Waals surface area contributed by atoms with E-state index in [2.05, 4.69) is 5.32 Å². The molecule has 0 aromatic carbocycles. The second kappa shape index (κ2) is 7.34. The zero-order valence-corrected chi connectivity index (χ0v) is 11.8. The lowest BCUT2D eigenvalue weighted by molar-refractivity contribution is 0.215. The van der Waals surface area contributed by atoms with Crippen LogP contribution in [-0.4, -0.2) is 34.9 Å². The van der Waals surface area contributed by atoms with Crippen molar-refractivity contribution in [1.82, 2.24) is 5.32 Å². The third kappa shape index (κ3) is 7.01. The summed E-state index contributed by atoms with van der Waals surface area (Å²) in [4.78, 5) is 0. The summed E-state index contributed by atoms with van der Waals surface area (Å²) in [6.45, 7) is 1.46. The van der Waals surface area contributed by atoms with Crippen molar-refractivity contribution in [3.63, 3.8) is 0 Å². The van der Waals surface area contributed by atoms with Gasteiger partial charge in [0.25, 0.3) is 10.1 Å². The van der Waals surface area contributed by atoms with E-state index in [0.717, 1.165) is 25.1 Å². The molecule has 0 unspecified atom stereocenters. The van der Waals surface area contributed by atoms with Crippen molar-refractivity contribution >= 4 is 10.1 Å². The zero-order valence-electron chi connectivity index (χ0n) is 10.9.